The lowest BCUT2D eigenvalue weighted by atomic mass is 9.88. The predicted molar refractivity (Wildman–Crippen MR) is 60.4 cm³/mol. The van der Waals surface area contributed by atoms with E-state index in [9.17, 15) is 9.90 Å². The minimum absolute atomic E-state index is 0.543. The van der Waals surface area contributed by atoms with Crippen LogP contribution in [0.3, 0.4) is 0 Å². The van der Waals surface area contributed by atoms with Gasteiger partial charge in [0.2, 0.25) is 5.16 Å². The summed E-state index contributed by atoms with van der Waals surface area (Å²) in [5.74, 6) is -0.0153. The van der Waals surface area contributed by atoms with Gasteiger partial charge in [0.1, 0.15) is 10.6 Å². The van der Waals surface area contributed by atoms with Crippen molar-refractivity contribution in [2.75, 3.05) is 0 Å². The Labute approximate surface area is 98.0 Å². The van der Waals surface area contributed by atoms with E-state index in [1.165, 1.54) is 11.8 Å². The maximum absolute atomic E-state index is 11.4. The largest absolute Gasteiger partial charge is 0.480 e. The topological polar surface area (TPSA) is 78.9 Å². The molecule has 1 aromatic heterocycles. The summed E-state index contributed by atoms with van der Waals surface area (Å²) in [4.78, 5) is 15.6. The number of thioether (sulfide) groups is 1. The van der Waals surface area contributed by atoms with E-state index in [1.54, 1.807) is 0 Å². The van der Waals surface area contributed by atoms with Crippen LogP contribution in [0, 0.1) is 6.92 Å². The molecule has 0 atom stereocenters. The Morgan fingerprint density at radius 1 is 1.44 bits per heavy atom. The summed E-state index contributed by atoms with van der Waals surface area (Å²) in [7, 11) is 0. The third kappa shape index (κ3) is 2.21. The van der Waals surface area contributed by atoms with E-state index >= 15 is 0 Å². The molecule has 0 saturated heterocycles. The summed E-state index contributed by atoms with van der Waals surface area (Å²) in [5, 5.41) is 16.7. The zero-order chi connectivity index (χ0) is 11.6. The number of aromatic amines is 1. The second kappa shape index (κ2) is 4.45. The molecule has 1 fully saturated rings. The van der Waals surface area contributed by atoms with Crippen LogP contribution in [0.15, 0.2) is 5.16 Å². The standard InChI is InChI=1S/C10H15N3O2S/c1-7-11-9(13-12-7)16-10(8(14)15)5-3-2-4-6-10/h2-6H2,1H3,(H,14,15)(H,11,12,13). The van der Waals surface area contributed by atoms with Crippen molar-refractivity contribution in [1.29, 1.82) is 0 Å². The first kappa shape index (κ1) is 11.4. The Hall–Kier alpha value is -1.04. The molecule has 0 unspecified atom stereocenters. The highest BCUT2D eigenvalue weighted by atomic mass is 32.2. The van der Waals surface area contributed by atoms with Gasteiger partial charge >= 0.3 is 5.97 Å². The van der Waals surface area contributed by atoms with Gasteiger partial charge < -0.3 is 5.11 Å². The molecule has 16 heavy (non-hydrogen) atoms. The fourth-order valence-electron chi connectivity index (χ4n) is 2.03. The van der Waals surface area contributed by atoms with Gasteiger partial charge in [-0.2, -0.15) is 0 Å². The number of hydrogen-bond acceptors (Lipinski definition) is 4. The Morgan fingerprint density at radius 2 is 2.12 bits per heavy atom. The molecule has 1 aliphatic carbocycles. The number of rotatable bonds is 3. The second-order valence-electron chi connectivity index (χ2n) is 4.17. The van der Waals surface area contributed by atoms with E-state index in [4.69, 9.17) is 0 Å². The summed E-state index contributed by atoms with van der Waals surface area (Å²) >= 11 is 1.29. The van der Waals surface area contributed by atoms with Gasteiger partial charge in [-0.15, -0.1) is 5.10 Å². The maximum Gasteiger partial charge on any atom is 0.320 e. The molecule has 5 nitrogen and oxygen atoms in total. The van der Waals surface area contributed by atoms with Gasteiger partial charge in [-0.3, -0.25) is 9.89 Å². The van der Waals surface area contributed by atoms with Gasteiger partial charge in [-0.1, -0.05) is 31.0 Å². The number of carboxylic acids is 1. The Kier molecular flexibility index (Phi) is 3.18. The summed E-state index contributed by atoms with van der Waals surface area (Å²) in [6, 6.07) is 0. The highest BCUT2D eigenvalue weighted by molar-refractivity contribution is 8.01. The molecular weight excluding hydrogens is 226 g/mol. The Balaban J connectivity index is 2.16. The number of aryl methyl sites for hydroxylation is 1. The second-order valence-corrected chi connectivity index (χ2v) is 5.52. The van der Waals surface area contributed by atoms with Crippen LogP contribution >= 0.6 is 11.8 Å². The summed E-state index contributed by atoms with van der Waals surface area (Å²) < 4.78 is -0.715. The molecule has 2 rings (SSSR count). The molecule has 1 aromatic rings. The molecular formula is C10H15N3O2S. The molecule has 0 bridgehead atoms. The fourth-order valence-corrected chi connectivity index (χ4v) is 3.23. The number of carboxylic acid groups (broad SMARTS) is 1. The number of nitrogens with one attached hydrogen (secondary N) is 1. The molecule has 1 saturated carbocycles. The van der Waals surface area contributed by atoms with Crippen molar-refractivity contribution < 1.29 is 9.90 Å². The highest BCUT2D eigenvalue weighted by Gasteiger charge is 2.41. The van der Waals surface area contributed by atoms with Crippen molar-refractivity contribution in [3.8, 4) is 0 Å². The van der Waals surface area contributed by atoms with Gasteiger partial charge in [0, 0.05) is 0 Å². The van der Waals surface area contributed by atoms with Crippen LogP contribution in [0.5, 0.6) is 0 Å². The lowest BCUT2D eigenvalue weighted by Gasteiger charge is -2.31. The van der Waals surface area contributed by atoms with Crippen LogP contribution in [0.2, 0.25) is 0 Å². The van der Waals surface area contributed by atoms with E-state index in [-0.39, 0.29) is 0 Å². The van der Waals surface area contributed by atoms with Gasteiger partial charge in [0.15, 0.2) is 0 Å². The summed E-state index contributed by atoms with van der Waals surface area (Å²) in [6.45, 7) is 1.81. The lowest BCUT2D eigenvalue weighted by Crippen LogP contribution is -2.37. The van der Waals surface area contributed by atoms with Crippen LogP contribution < -0.4 is 0 Å². The molecule has 2 N–H and O–H groups in total. The van der Waals surface area contributed by atoms with Crippen molar-refractivity contribution in [3.63, 3.8) is 0 Å². The monoisotopic (exact) mass is 241 g/mol. The fraction of sp³-hybridized carbons (Fsp3) is 0.700. The first-order valence-corrected chi connectivity index (χ1v) is 6.25. The first-order valence-electron chi connectivity index (χ1n) is 5.44. The van der Waals surface area contributed by atoms with Crippen molar-refractivity contribution in [1.82, 2.24) is 15.2 Å². The van der Waals surface area contributed by atoms with Crippen LogP contribution in [0.4, 0.5) is 0 Å². The Bertz CT molecular complexity index is 385. The average Bonchev–Trinajstić information content (AvgIpc) is 2.65. The number of carbonyl (C=O) groups is 1. The lowest BCUT2D eigenvalue weighted by molar-refractivity contribution is -0.140. The van der Waals surface area contributed by atoms with E-state index < -0.39 is 10.7 Å². The summed E-state index contributed by atoms with van der Waals surface area (Å²) in [6.07, 6.45) is 4.50. The van der Waals surface area contributed by atoms with Gasteiger partial charge in [0.25, 0.3) is 0 Å². The van der Waals surface area contributed by atoms with E-state index in [0.717, 1.165) is 25.1 Å². The Morgan fingerprint density at radius 3 is 2.62 bits per heavy atom. The van der Waals surface area contributed by atoms with E-state index in [2.05, 4.69) is 15.2 Å². The van der Waals surface area contributed by atoms with Crippen molar-refractivity contribution >= 4 is 17.7 Å². The highest BCUT2D eigenvalue weighted by Crippen LogP contribution is 2.42. The molecule has 1 heterocycles. The van der Waals surface area contributed by atoms with Gasteiger partial charge in [-0.25, -0.2) is 4.98 Å². The van der Waals surface area contributed by atoms with E-state index in [1.807, 2.05) is 6.92 Å². The third-order valence-corrected chi connectivity index (χ3v) is 4.25. The zero-order valence-electron chi connectivity index (χ0n) is 9.19. The van der Waals surface area contributed by atoms with Crippen molar-refractivity contribution in [2.24, 2.45) is 0 Å². The first-order chi connectivity index (χ1) is 7.62. The van der Waals surface area contributed by atoms with Gasteiger partial charge in [0.05, 0.1) is 0 Å². The van der Waals surface area contributed by atoms with Crippen molar-refractivity contribution in [2.45, 2.75) is 48.9 Å². The summed E-state index contributed by atoms with van der Waals surface area (Å²) in [5.41, 5.74) is 0. The normalized spacial score (nSPS) is 19.6. The third-order valence-electron chi connectivity index (χ3n) is 2.91. The molecule has 0 radical (unpaired) electrons. The van der Waals surface area contributed by atoms with Crippen LogP contribution in [-0.2, 0) is 4.79 Å². The molecule has 6 heteroatoms. The van der Waals surface area contributed by atoms with E-state index in [0.29, 0.717) is 18.0 Å². The van der Waals surface area contributed by atoms with Gasteiger partial charge in [-0.05, 0) is 19.8 Å². The van der Waals surface area contributed by atoms with Crippen LogP contribution in [0.25, 0.3) is 0 Å². The maximum atomic E-state index is 11.4. The molecule has 0 spiro atoms. The molecule has 0 aliphatic heterocycles. The smallest absolute Gasteiger partial charge is 0.320 e. The SMILES string of the molecule is Cc1nc(SC2(C(=O)O)CCCCC2)n[nH]1. The van der Waals surface area contributed by atoms with Crippen molar-refractivity contribution in [3.05, 3.63) is 5.82 Å². The molecule has 1 aliphatic rings. The zero-order valence-corrected chi connectivity index (χ0v) is 10.0. The van der Waals surface area contributed by atoms with Crippen LogP contribution in [-0.4, -0.2) is 31.0 Å². The number of aromatic nitrogens is 3. The number of H-pyrrole nitrogens is 1. The van der Waals surface area contributed by atoms with Crippen LogP contribution in [0.1, 0.15) is 37.9 Å². The number of aliphatic carboxylic acids is 1. The quantitative estimate of drug-likeness (QED) is 0.846. The minimum Gasteiger partial charge on any atom is -0.480 e. The molecule has 88 valence electrons. The average molecular weight is 241 g/mol. The minimum atomic E-state index is -0.736. The predicted octanol–water partition coefficient (Wildman–Crippen LogP) is 1.99. The number of hydrogen-bond donors (Lipinski definition) is 2. The molecule has 0 amide bonds. The molecule has 0 aromatic carbocycles. The number of nitrogens with zero attached hydrogens (tertiary/aromatic N) is 2.